The molecule has 2 rings (SSSR count). The molecule has 4 heteroatoms. The molecule has 0 aliphatic carbocycles. The number of hydrogen-bond donors (Lipinski definition) is 1. The first-order chi connectivity index (χ1) is 9.13. The predicted molar refractivity (Wildman–Crippen MR) is 88.4 cm³/mol. The van der Waals surface area contributed by atoms with E-state index >= 15 is 0 Å². The van der Waals surface area contributed by atoms with Gasteiger partial charge in [0.2, 0.25) is 0 Å². The highest BCUT2D eigenvalue weighted by atomic mass is 79.9. The Kier molecular flexibility index (Phi) is 5.46. The van der Waals surface area contributed by atoms with Crippen molar-refractivity contribution in [2.24, 2.45) is 0 Å². The van der Waals surface area contributed by atoms with Gasteiger partial charge in [0.05, 0.1) is 0 Å². The van der Waals surface area contributed by atoms with Crippen molar-refractivity contribution in [3.05, 3.63) is 55.1 Å². The van der Waals surface area contributed by atoms with E-state index in [0.29, 0.717) is 0 Å². The number of nitrogens with one attached hydrogen (secondary N) is 1. The van der Waals surface area contributed by atoms with Crippen LogP contribution in [0.3, 0.4) is 0 Å². The molecule has 0 spiro atoms. The molecule has 1 aromatic carbocycles. The van der Waals surface area contributed by atoms with Gasteiger partial charge in [-0.3, -0.25) is 0 Å². The number of rotatable bonds is 5. The SMILES string of the molecule is CCc1ccc(CC(NC)c2ccc(Br)cc2Cl)s1. The van der Waals surface area contributed by atoms with Crippen molar-refractivity contribution in [3.63, 3.8) is 0 Å². The molecule has 0 aliphatic heterocycles. The van der Waals surface area contributed by atoms with Gasteiger partial charge < -0.3 is 5.32 Å². The Labute approximate surface area is 132 Å². The Morgan fingerprint density at radius 2 is 2.00 bits per heavy atom. The monoisotopic (exact) mass is 357 g/mol. The van der Waals surface area contributed by atoms with Gasteiger partial charge in [0.1, 0.15) is 0 Å². The number of likely N-dealkylation sites (N-methyl/N-ethyl adjacent to an activating group) is 1. The van der Waals surface area contributed by atoms with Crippen molar-refractivity contribution in [1.82, 2.24) is 5.32 Å². The molecule has 0 saturated carbocycles. The fourth-order valence-electron chi connectivity index (χ4n) is 2.07. The molecule has 0 saturated heterocycles. The van der Waals surface area contributed by atoms with Crippen LogP contribution in [0.4, 0.5) is 0 Å². The number of hydrogen-bond acceptors (Lipinski definition) is 2. The quantitative estimate of drug-likeness (QED) is 0.771. The molecule has 19 heavy (non-hydrogen) atoms. The maximum atomic E-state index is 6.34. The summed E-state index contributed by atoms with van der Waals surface area (Å²) in [4.78, 5) is 2.84. The maximum absolute atomic E-state index is 6.34. The van der Waals surface area contributed by atoms with Gasteiger partial charge in [-0.2, -0.15) is 0 Å². The predicted octanol–water partition coefficient (Wildman–Crippen LogP) is 5.23. The van der Waals surface area contributed by atoms with Crippen molar-refractivity contribution in [3.8, 4) is 0 Å². The fraction of sp³-hybridized carbons (Fsp3) is 0.333. The normalized spacial score (nSPS) is 12.6. The van der Waals surface area contributed by atoms with E-state index in [0.717, 1.165) is 27.9 Å². The van der Waals surface area contributed by atoms with Gasteiger partial charge >= 0.3 is 0 Å². The van der Waals surface area contributed by atoms with Crippen molar-refractivity contribution in [2.45, 2.75) is 25.8 Å². The van der Waals surface area contributed by atoms with E-state index in [2.05, 4.69) is 46.4 Å². The molecular formula is C15H17BrClNS. The largest absolute Gasteiger partial charge is 0.313 e. The maximum Gasteiger partial charge on any atom is 0.0465 e. The van der Waals surface area contributed by atoms with E-state index in [1.807, 2.05) is 30.5 Å². The van der Waals surface area contributed by atoms with Gasteiger partial charge in [-0.15, -0.1) is 11.3 Å². The molecule has 1 nitrogen and oxygen atoms in total. The van der Waals surface area contributed by atoms with E-state index in [1.54, 1.807) is 0 Å². The summed E-state index contributed by atoms with van der Waals surface area (Å²) in [6.45, 7) is 2.19. The van der Waals surface area contributed by atoms with E-state index < -0.39 is 0 Å². The summed E-state index contributed by atoms with van der Waals surface area (Å²) < 4.78 is 1.01. The first kappa shape index (κ1) is 15.0. The first-order valence-corrected chi connectivity index (χ1v) is 8.32. The van der Waals surface area contributed by atoms with Crippen LogP contribution < -0.4 is 5.32 Å². The minimum Gasteiger partial charge on any atom is -0.313 e. The summed E-state index contributed by atoms with van der Waals surface area (Å²) in [6.07, 6.45) is 2.08. The van der Waals surface area contributed by atoms with Gasteiger partial charge in [0.25, 0.3) is 0 Å². The lowest BCUT2D eigenvalue weighted by Gasteiger charge is -2.17. The third kappa shape index (κ3) is 3.82. The summed E-state index contributed by atoms with van der Waals surface area (Å²) in [7, 11) is 1.98. The average Bonchev–Trinajstić information content (AvgIpc) is 2.84. The molecule has 0 radical (unpaired) electrons. The van der Waals surface area contributed by atoms with Crippen LogP contribution in [0.2, 0.25) is 5.02 Å². The third-order valence-corrected chi connectivity index (χ3v) is 5.23. The molecule has 2 aromatic rings. The van der Waals surface area contributed by atoms with Crippen LogP contribution in [0.25, 0.3) is 0 Å². The van der Waals surface area contributed by atoms with E-state index in [-0.39, 0.29) is 6.04 Å². The van der Waals surface area contributed by atoms with E-state index in [9.17, 15) is 0 Å². The lowest BCUT2D eigenvalue weighted by molar-refractivity contribution is 0.597. The minimum absolute atomic E-state index is 0.254. The van der Waals surface area contributed by atoms with Crippen molar-refractivity contribution in [2.75, 3.05) is 7.05 Å². The zero-order chi connectivity index (χ0) is 13.8. The molecule has 1 N–H and O–H groups in total. The van der Waals surface area contributed by atoms with Crippen LogP contribution in [0.5, 0.6) is 0 Å². The van der Waals surface area contributed by atoms with Crippen LogP contribution in [0.1, 0.15) is 28.3 Å². The minimum atomic E-state index is 0.254. The Morgan fingerprint density at radius 3 is 2.58 bits per heavy atom. The smallest absolute Gasteiger partial charge is 0.0465 e. The molecule has 102 valence electrons. The number of halogens is 2. The van der Waals surface area contributed by atoms with E-state index in [4.69, 9.17) is 11.6 Å². The molecule has 0 bridgehead atoms. The van der Waals surface area contributed by atoms with Gasteiger partial charge in [0.15, 0.2) is 0 Å². The van der Waals surface area contributed by atoms with Crippen molar-refractivity contribution < 1.29 is 0 Å². The molecule has 1 atom stereocenters. The number of thiophene rings is 1. The van der Waals surface area contributed by atoms with Crippen LogP contribution in [-0.4, -0.2) is 7.05 Å². The Morgan fingerprint density at radius 1 is 1.26 bits per heavy atom. The van der Waals surface area contributed by atoms with Crippen molar-refractivity contribution >= 4 is 38.9 Å². The Balaban J connectivity index is 2.19. The highest BCUT2D eigenvalue weighted by Gasteiger charge is 2.14. The second-order valence-corrected chi connectivity index (χ2v) is 7.01. The fourth-order valence-corrected chi connectivity index (χ4v) is 3.88. The summed E-state index contributed by atoms with van der Waals surface area (Å²) in [5.41, 5.74) is 1.15. The second kappa shape index (κ2) is 6.89. The molecule has 0 aliphatic rings. The van der Waals surface area contributed by atoms with Crippen molar-refractivity contribution in [1.29, 1.82) is 0 Å². The standard InChI is InChI=1S/C15H17BrClNS/c1-3-11-5-6-12(19-11)9-15(18-2)13-7-4-10(16)8-14(13)17/h4-8,15,18H,3,9H2,1-2H3. The van der Waals surface area contributed by atoms with Gasteiger partial charge in [0, 0.05) is 31.7 Å². The zero-order valence-corrected chi connectivity index (χ0v) is 14.2. The highest BCUT2D eigenvalue weighted by Crippen LogP contribution is 2.30. The topological polar surface area (TPSA) is 12.0 Å². The van der Waals surface area contributed by atoms with Gasteiger partial charge in [-0.1, -0.05) is 40.5 Å². The number of aryl methyl sites for hydroxylation is 1. The molecule has 1 unspecified atom stereocenters. The Bertz CT molecular complexity index is 553. The highest BCUT2D eigenvalue weighted by molar-refractivity contribution is 9.10. The summed E-state index contributed by atoms with van der Waals surface area (Å²) in [5, 5.41) is 4.17. The average molecular weight is 359 g/mol. The number of benzene rings is 1. The zero-order valence-electron chi connectivity index (χ0n) is 11.0. The summed E-state index contributed by atoms with van der Waals surface area (Å²) in [5.74, 6) is 0. The molecular weight excluding hydrogens is 342 g/mol. The first-order valence-electron chi connectivity index (χ1n) is 6.33. The molecule has 0 amide bonds. The lowest BCUT2D eigenvalue weighted by atomic mass is 10.0. The summed E-state index contributed by atoms with van der Waals surface area (Å²) >= 11 is 11.7. The molecule has 0 fully saturated rings. The Hall–Kier alpha value is -0.350. The van der Waals surface area contributed by atoms with E-state index in [1.165, 1.54) is 9.75 Å². The lowest BCUT2D eigenvalue weighted by Crippen LogP contribution is -2.18. The van der Waals surface area contributed by atoms with Crippen LogP contribution >= 0.6 is 38.9 Å². The third-order valence-electron chi connectivity index (χ3n) is 3.16. The molecule has 1 aromatic heterocycles. The van der Waals surface area contributed by atoms with Crippen LogP contribution in [-0.2, 0) is 12.8 Å². The second-order valence-electron chi connectivity index (χ2n) is 4.43. The van der Waals surface area contributed by atoms with Gasteiger partial charge in [-0.05, 0) is 43.3 Å². The van der Waals surface area contributed by atoms with Crippen LogP contribution in [0, 0.1) is 0 Å². The summed E-state index contributed by atoms with van der Waals surface area (Å²) in [6, 6.07) is 10.8. The molecule has 1 heterocycles. The van der Waals surface area contributed by atoms with Gasteiger partial charge in [-0.25, -0.2) is 0 Å². The van der Waals surface area contributed by atoms with Crippen LogP contribution in [0.15, 0.2) is 34.8 Å².